The zero-order valence-electron chi connectivity index (χ0n) is 9.31. The maximum Gasteiger partial charge on any atom is 0.193 e. The van der Waals surface area contributed by atoms with Gasteiger partial charge in [-0.2, -0.15) is 0 Å². The van der Waals surface area contributed by atoms with Crippen molar-refractivity contribution in [1.82, 2.24) is 0 Å². The highest BCUT2D eigenvalue weighted by atomic mass is 79.9. The molecule has 0 saturated heterocycles. The number of rotatable bonds is 3. The van der Waals surface area contributed by atoms with Gasteiger partial charge in [-0.3, -0.25) is 4.79 Å². The van der Waals surface area contributed by atoms with E-state index in [9.17, 15) is 4.79 Å². The summed E-state index contributed by atoms with van der Waals surface area (Å²) in [5, 5.41) is 0. The van der Waals surface area contributed by atoms with Crippen LogP contribution in [0.4, 0.5) is 0 Å². The molecule has 0 aliphatic heterocycles. The largest absolute Gasteiger partial charge is 0.289 e. The van der Waals surface area contributed by atoms with E-state index in [2.05, 4.69) is 15.9 Å². The fourth-order valence-corrected chi connectivity index (χ4v) is 2.42. The number of hydrogen-bond donors (Lipinski definition) is 0. The van der Waals surface area contributed by atoms with Crippen LogP contribution in [0.1, 0.15) is 15.9 Å². The second kappa shape index (κ2) is 5.52. The van der Waals surface area contributed by atoms with Crippen LogP contribution in [0.25, 0.3) is 0 Å². The molecular weight excluding hydrogens is 296 g/mol. The van der Waals surface area contributed by atoms with Crippen LogP contribution in [-0.2, 0) is 0 Å². The van der Waals surface area contributed by atoms with Crippen molar-refractivity contribution in [3.05, 3.63) is 64.1 Å². The summed E-state index contributed by atoms with van der Waals surface area (Å²) in [4.78, 5) is 13.3. The van der Waals surface area contributed by atoms with Crippen molar-refractivity contribution in [2.75, 3.05) is 6.26 Å². The molecule has 2 aromatic carbocycles. The van der Waals surface area contributed by atoms with Crippen LogP contribution in [0, 0.1) is 0 Å². The first kappa shape index (κ1) is 12.4. The summed E-state index contributed by atoms with van der Waals surface area (Å²) >= 11 is 5.01. The number of thioether (sulfide) groups is 1. The highest BCUT2D eigenvalue weighted by Crippen LogP contribution is 2.19. The molecule has 0 amide bonds. The number of carbonyl (C=O) groups excluding carboxylic acids is 1. The quantitative estimate of drug-likeness (QED) is 0.617. The third-order valence-electron chi connectivity index (χ3n) is 2.42. The van der Waals surface area contributed by atoms with Crippen LogP contribution in [0.2, 0.25) is 0 Å². The van der Waals surface area contributed by atoms with Gasteiger partial charge in [-0.1, -0.05) is 40.2 Å². The Morgan fingerprint density at radius 1 is 1.06 bits per heavy atom. The first-order valence-corrected chi connectivity index (χ1v) is 7.17. The van der Waals surface area contributed by atoms with Crippen molar-refractivity contribution in [3.8, 4) is 0 Å². The minimum absolute atomic E-state index is 0.0576. The molecule has 17 heavy (non-hydrogen) atoms. The molecule has 86 valence electrons. The summed E-state index contributed by atoms with van der Waals surface area (Å²) in [7, 11) is 0. The lowest BCUT2D eigenvalue weighted by Crippen LogP contribution is -2.00. The predicted octanol–water partition coefficient (Wildman–Crippen LogP) is 4.40. The monoisotopic (exact) mass is 306 g/mol. The van der Waals surface area contributed by atoms with E-state index in [1.165, 1.54) is 0 Å². The third kappa shape index (κ3) is 2.99. The molecule has 0 saturated carbocycles. The van der Waals surface area contributed by atoms with E-state index >= 15 is 0 Å². The summed E-state index contributed by atoms with van der Waals surface area (Å²) in [6, 6.07) is 15.1. The summed E-state index contributed by atoms with van der Waals surface area (Å²) in [6.45, 7) is 0. The second-order valence-corrected chi connectivity index (χ2v) is 5.37. The Morgan fingerprint density at radius 3 is 2.35 bits per heavy atom. The fourth-order valence-electron chi connectivity index (χ4n) is 1.56. The van der Waals surface area contributed by atoms with Crippen molar-refractivity contribution in [2.45, 2.75) is 4.90 Å². The molecule has 0 bridgehead atoms. The molecular formula is C14H11BrOS. The Hall–Kier alpha value is -1.06. The molecule has 0 N–H and O–H groups in total. The summed E-state index contributed by atoms with van der Waals surface area (Å²) < 4.78 is 0.921. The normalized spacial score (nSPS) is 10.2. The maximum atomic E-state index is 12.2. The minimum Gasteiger partial charge on any atom is -0.289 e. The fraction of sp³-hybridized carbons (Fsp3) is 0.0714. The van der Waals surface area contributed by atoms with Gasteiger partial charge in [-0.05, 0) is 30.5 Å². The number of carbonyl (C=O) groups is 1. The Labute approximate surface area is 113 Å². The molecule has 0 radical (unpaired) electrons. The van der Waals surface area contributed by atoms with Crippen LogP contribution in [0.5, 0.6) is 0 Å². The van der Waals surface area contributed by atoms with Gasteiger partial charge in [0.25, 0.3) is 0 Å². The van der Waals surface area contributed by atoms with Crippen molar-refractivity contribution < 1.29 is 4.79 Å². The Bertz CT molecular complexity index is 551. The van der Waals surface area contributed by atoms with Crippen molar-refractivity contribution in [3.63, 3.8) is 0 Å². The average molecular weight is 307 g/mol. The lowest BCUT2D eigenvalue weighted by molar-refractivity contribution is 0.103. The topological polar surface area (TPSA) is 17.1 Å². The molecule has 0 aliphatic carbocycles. The van der Waals surface area contributed by atoms with Gasteiger partial charge in [0.05, 0.1) is 0 Å². The molecule has 2 rings (SSSR count). The zero-order chi connectivity index (χ0) is 12.3. The summed E-state index contributed by atoms with van der Waals surface area (Å²) in [6.07, 6.45) is 2.00. The molecule has 3 heteroatoms. The number of benzene rings is 2. The smallest absolute Gasteiger partial charge is 0.193 e. The second-order valence-electron chi connectivity index (χ2n) is 3.57. The lowest BCUT2D eigenvalue weighted by atomic mass is 10.0. The van der Waals surface area contributed by atoms with Crippen molar-refractivity contribution in [1.29, 1.82) is 0 Å². The van der Waals surface area contributed by atoms with Gasteiger partial charge in [-0.25, -0.2) is 0 Å². The minimum atomic E-state index is 0.0576. The van der Waals surface area contributed by atoms with Gasteiger partial charge >= 0.3 is 0 Å². The van der Waals surface area contributed by atoms with Gasteiger partial charge in [0, 0.05) is 20.5 Å². The highest BCUT2D eigenvalue weighted by molar-refractivity contribution is 9.10. The predicted molar refractivity (Wildman–Crippen MR) is 75.8 cm³/mol. The first-order valence-electron chi connectivity index (χ1n) is 5.15. The standard InChI is InChI=1S/C14H11BrOS/c1-17-13-7-3-5-11(9-13)14(16)10-4-2-6-12(15)8-10/h2-9H,1H3. The molecule has 0 heterocycles. The molecule has 1 nitrogen and oxygen atoms in total. The maximum absolute atomic E-state index is 12.2. The third-order valence-corrected chi connectivity index (χ3v) is 3.64. The van der Waals surface area contributed by atoms with Gasteiger partial charge in [-0.15, -0.1) is 11.8 Å². The molecule has 0 unspecified atom stereocenters. The van der Waals surface area contributed by atoms with E-state index in [4.69, 9.17) is 0 Å². The van der Waals surface area contributed by atoms with E-state index < -0.39 is 0 Å². The molecule has 0 atom stereocenters. The van der Waals surface area contributed by atoms with E-state index in [0.29, 0.717) is 5.56 Å². The van der Waals surface area contributed by atoms with Gasteiger partial charge < -0.3 is 0 Å². The molecule has 2 aromatic rings. The van der Waals surface area contributed by atoms with Gasteiger partial charge in [0.1, 0.15) is 0 Å². The lowest BCUT2D eigenvalue weighted by Gasteiger charge is -2.03. The van der Waals surface area contributed by atoms with Crippen molar-refractivity contribution >= 4 is 33.5 Å². The van der Waals surface area contributed by atoms with Crippen LogP contribution in [0.15, 0.2) is 57.9 Å². The van der Waals surface area contributed by atoms with Crippen LogP contribution in [-0.4, -0.2) is 12.0 Å². The number of ketones is 1. The summed E-state index contributed by atoms with van der Waals surface area (Å²) in [5.74, 6) is 0.0576. The van der Waals surface area contributed by atoms with Crippen LogP contribution >= 0.6 is 27.7 Å². The van der Waals surface area contributed by atoms with Crippen LogP contribution in [0.3, 0.4) is 0 Å². The Kier molecular flexibility index (Phi) is 4.02. The van der Waals surface area contributed by atoms with E-state index in [1.807, 2.05) is 54.8 Å². The zero-order valence-corrected chi connectivity index (χ0v) is 11.7. The van der Waals surface area contributed by atoms with Crippen molar-refractivity contribution in [2.24, 2.45) is 0 Å². The Morgan fingerprint density at radius 2 is 1.71 bits per heavy atom. The summed E-state index contributed by atoms with van der Waals surface area (Å²) in [5.41, 5.74) is 1.44. The SMILES string of the molecule is CSc1cccc(C(=O)c2cccc(Br)c2)c1. The van der Waals surface area contributed by atoms with Gasteiger partial charge in [0.15, 0.2) is 5.78 Å². The van der Waals surface area contributed by atoms with E-state index in [-0.39, 0.29) is 5.78 Å². The molecule has 0 spiro atoms. The molecule has 0 aliphatic rings. The van der Waals surface area contributed by atoms with Gasteiger partial charge in [0.2, 0.25) is 0 Å². The van der Waals surface area contributed by atoms with E-state index in [0.717, 1.165) is 14.9 Å². The molecule has 0 fully saturated rings. The first-order chi connectivity index (χ1) is 8.20. The van der Waals surface area contributed by atoms with E-state index in [1.54, 1.807) is 11.8 Å². The highest BCUT2D eigenvalue weighted by Gasteiger charge is 2.09. The Balaban J connectivity index is 2.36. The molecule has 0 aromatic heterocycles. The number of halogens is 1. The van der Waals surface area contributed by atoms with Crippen LogP contribution < -0.4 is 0 Å². The average Bonchev–Trinajstić information content (AvgIpc) is 2.38. The number of hydrogen-bond acceptors (Lipinski definition) is 2.